The van der Waals surface area contributed by atoms with E-state index in [1.54, 1.807) is 21.1 Å². The van der Waals surface area contributed by atoms with Crippen LogP contribution in [0.3, 0.4) is 0 Å². The Hall–Kier alpha value is -2.53. The molecule has 0 radical (unpaired) electrons. The summed E-state index contributed by atoms with van der Waals surface area (Å²) in [6.45, 7) is 2.35. The summed E-state index contributed by atoms with van der Waals surface area (Å²) >= 11 is 0. The van der Waals surface area contributed by atoms with Gasteiger partial charge in [0.15, 0.2) is 0 Å². The first-order valence-corrected chi connectivity index (χ1v) is 8.32. The largest absolute Gasteiger partial charge is 0.497 e. The van der Waals surface area contributed by atoms with Gasteiger partial charge in [-0.1, -0.05) is 24.3 Å². The molecule has 0 aliphatic carbocycles. The normalized spacial score (nSPS) is 11.6. The molecule has 0 aromatic heterocycles. The molecule has 0 spiro atoms. The number of hydrogen-bond donors (Lipinski definition) is 1. The van der Waals surface area contributed by atoms with Crippen molar-refractivity contribution < 1.29 is 19.0 Å². The van der Waals surface area contributed by atoms with E-state index in [2.05, 4.69) is 5.32 Å². The fraction of sp³-hybridized carbons (Fsp3) is 0.350. The summed E-state index contributed by atoms with van der Waals surface area (Å²) < 4.78 is 15.4. The zero-order valence-corrected chi connectivity index (χ0v) is 15.0. The molecule has 1 atom stereocenters. The quantitative estimate of drug-likeness (QED) is 0.709. The average molecular weight is 343 g/mol. The number of hydrogen-bond acceptors (Lipinski definition) is 5. The average Bonchev–Trinajstić information content (AvgIpc) is 2.66. The highest BCUT2D eigenvalue weighted by atomic mass is 16.5. The van der Waals surface area contributed by atoms with Crippen molar-refractivity contribution in [1.29, 1.82) is 0 Å². The molecular formula is C20H25NO4. The molecule has 25 heavy (non-hydrogen) atoms. The second kappa shape index (κ2) is 9.69. The summed E-state index contributed by atoms with van der Waals surface area (Å²) in [5, 5.41) is 3.29. The first-order chi connectivity index (χ1) is 12.2. The van der Waals surface area contributed by atoms with Crippen molar-refractivity contribution in [2.75, 3.05) is 27.4 Å². The Morgan fingerprint density at radius 1 is 0.960 bits per heavy atom. The van der Waals surface area contributed by atoms with E-state index in [-0.39, 0.29) is 18.6 Å². The molecule has 0 bridgehead atoms. The summed E-state index contributed by atoms with van der Waals surface area (Å²) in [6.07, 6.45) is 0.746. The van der Waals surface area contributed by atoms with E-state index in [4.69, 9.17) is 14.2 Å². The van der Waals surface area contributed by atoms with Crippen molar-refractivity contribution in [3.05, 3.63) is 59.7 Å². The molecule has 1 unspecified atom stereocenters. The van der Waals surface area contributed by atoms with Gasteiger partial charge in [-0.2, -0.15) is 0 Å². The number of methoxy groups -OCH3 is 2. The molecule has 0 amide bonds. The Morgan fingerprint density at radius 3 is 2.04 bits per heavy atom. The SMILES string of the molecule is CCOC(=O)CNC(Cc1ccc(OC)cc1)c1ccc(OC)cc1. The molecule has 2 rings (SSSR count). The van der Waals surface area contributed by atoms with Gasteiger partial charge in [0.1, 0.15) is 11.5 Å². The molecule has 0 fully saturated rings. The smallest absolute Gasteiger partial charge is 0.319 e. The van der Waals surface area contributed by atoms with Gasteiger partial charge in [-0.05, 0) is 48.7 Å². The predicted molar refractivity (Wildman–Crippen MR) is 97.1 cm³/mol. The van der Waals surface area contributed by atoms with Crippen LogP contribution < -0.4 is 14.8 Å². The van der Waals surface area contributed by atoms with Gasteiger partial charge in [-0.25, -0.2) is 0 Å². The van der Waals surface area contributed by atoms with Crippen molar-refractivity contribution in [2.24, 2.45) is 0 Å². The van der Waals surface area contributed by atoms with E-state index in [0.717, 1.165) is 29.0 Å². The van der Waals surface area contributed by atoms with Crippen LogP contribution in [-0.2, 0) is 16.0 Å². The maximum absolute atomic E-state index is 11.7. The predicted octanol–water partition coefficient (Wildman–Crippen LogP) is 3.14. The Bertz CT molecular complexity index is 652. The number of esters is 1. The van der Waals surface area contributed by atoms with Crippen molar-refractivity contribution in [3.63, 3.8) is 0 Å². The summed E-state index contributed by atoms with van der Waals surface area (Å²) in [7, 11) is 3.29. The molecule has 0 heterocycles. The van der Waals surface area contributed by atoms with Crippen molar-refractivity contribution in [3.8, 4) is 11.5 Å². The highest BCUT2D eigenvalue weighted by molar-refractivity contribution is 5.71. The number of nitrogens with one attached hydrogen (secondary N) is 1. The lowest BCUT2D eigenvalue weighted by Gasteiger charge is -2.19. The number of ether oxygens (including phenoxy) is 3. The fourth-order valence-corrected chi connectivity index (χ4v) is 2.56. The van der Waals surface area contributed by atoms with E-state index >= 15 is 0 Å². The maximum Gasteiger partial charge on any atom is 0.319 e. The Morgan fingerprint density at radius 2 is 1.52 bits per heavy atom. The lowest BCUT2D eigenvalue weighted by molar-refractivity contribution is -0.142. The van der Waals surface area contributed by atoms with Crippen LogP contribution in [-0.4, -0.2) is 33.3 Å². The third-order valence-electron chi connectivity index (χ3n) is 3.92. The van der Waals surface area contributed by atoms with Gasteiger partial charge >= 0.3 is 5.97 Å². The minimum absolute atomic E-state index is 0.0105. The molecule has 5 nitrogen and oxygen atoms in total. The molecule has 0 saturated carbocycles. The van der Waals surface area contributed by atoms with Crippen LogP contribution in [0.4, 0.5) is 0 Å². The van der Waals surface area contributed by atoms with Gasteiger partial charge in [-0.15, -0.1) is 0 Å². The molecule has 0 aliphatic rings. The number of rotatable bonds is 9. The molecule has 2 aromatic carbocycles. The molecule has 5 heteroatoms. The third kappa shape index (κ3) is 5.80. The van der Waals surface area contributed by atoms with E-state index < -0.39 is 0 Å². The molecule has 0 saturated heterocycles. The van der Waals surface area contributed by atoms with Gasteiger partial charge in [0.05, 0.1) is 27.4 Å². The summed E-state index contributed by atoms with van der Waals surface area (Å²) in [6, 6.07) is 15.8. The number of carbonyl (C=O) groups is 1. The van der Waals surface area contributed by atoms with Crippen LogP contribution in [0.25, 0.3) is 0 Å². The van der Waals surface area contributed by atoms with Crippen LogP contribution >= 0.6 is 0 Å². The van der Waals surface area contributed by atoms with Gasteiger partial charge < -0.3 is 14.2 Å². The second-order valence-corrected chi connectivity index (χ2v) is 5.56. The monoisotopic (exact) mass is 343 g/mol. The lowest BCUT2D eigenvalue weighted by Crippen LogP contribution is -2.30. The fourth-order valence-electron chi connectivity index (χ4n) is 2.56. The standard InChI is InChI=1S/C20H25NO4/c1-4-25-20(22)14-21-19(16-7-11-18(24-3)12-8-16)13-15-5-9-17(23-2)10-6-15/h5-12,19,21H,4,13-14H2,1-3H3. The van der Waals surface area contributed by atoms with Crippen LogP contribution in [0.1, 0.15) is 24.1 Å². The summed E-state index contributed by atoms with van der Waals surface area (Å²) in [4.78, 5) is 11.7. The van der Waals surface area contributed by atoms with Gasteiger partial charge in [0.2, 0.25) is 0 Å². The Kier molecular flexibility index (Phi) is 7.29. The highest BCUT2D eigenvalue weighted by Gasteiger charge is 2.14. The van der Waals surface area contributed by atoms with Crippen molar-refractivity contribution >= 4 is 5.97 Å². The first-order valence-electron chi connectivity index (χ1n) is 8.32. The Balaban J connectivity index is 2.12. The van der Waals surface area contributed by atoms with Crippen LogP contribution in [0, 0.1) is 0 Å². The van der Waals surface area contributed by atoms with Crippen molar-refractivity contribution in [1.82, 2.24) is 5.32 Å². The molecule has 134 valence electrons. The lowest BCUT2D eigenvalue weighted by atomic mass is 9.98. The number of carbonyl (C=O) groups excluding carboxylic acids is 1. The third-order valence-corrected chi connectivity index (χ3v) is 3.92. The maximum atomic E-state index is 11.7. The zero-order chi connectivity index (χ0) is 18.1. The minimum Gasteiger partial charge on any atom is -0.497 e. The summed E-state index contributed by atoms with van der Waals surface area (Å²) in [5.74, 6) is 1.37. The van der Waals surface area contributed by atoms with Gasteiger partial charge in [0, 0.05) is 6.04 Å². The molecule has 0 aliphatic heterocycles. The zero-order valence-electron chi connectivity index (χ0n) is 15.0. The minimum atomic E-state index is -0.254. The molecule has 2 aromatic rings. The number of benzene rings is 2. The van der Waals surface area contributed by atoms with E-state index in [1.165, 1.54) is 0 Å². The van der Waals surface area contributed by atoms with Crippen LogP contribution in [0.15, 0.2) is 48.5 Å². The van der Waals surface area contributed by atoms with Crippen LogP contribution in [0.5, 0.6) is 11.5 Å². The summed E-state index contributed by atoms with van der Waals surface area (Å²) in [5.41, 5.74) is 2.24. The first kappa shape index (κ1) is 18.8. The van der Waals surface area contributed by atoms with E-state index in [1.807, 2.05) is 48.5 Å². The van der Waals surface area contributed by atoms with Gasteiger partial charge in [-0.3, -0.25) is 10.1 Å². The van der Waals surface area contributed by atoms with E-state index in [0.29, 0.717) is 6.61 Å². The van der Waals surface area contributed by atoms with E-state index in [9.17, 15) is 4.79 Å². The topological polar surface area (TPSA) is 56.8 Å². The second-order valence-electron chi connectivity index (χ2n) is 5.56. The molecule has 1 N–H and O–H groups in total. The van der Waals surface area contributed by atoms with Gasteiger partial charge in [0.25, 0.3) is 0 Å². The van der Waals surface area contributed by atoms with Crippen molar-refractivity contribution in [2.45, 2.75) is 19.4 Å². The molecular weight excluding hydrogens is 318 g/mol. The highest BCUT2D eigenvalue weighted by Crippen LogP contribution is 2.22. The Labute approximate surface area is 148 Å². The van der Waals surface area contributed by atoms with Crippen LogP contribution in [0.2, 0.25) is 0 Å².